The molecule has 70 valence electrons. The average molecular weight is 208 g/mol. The second kappa shape index (κ2) is 3.35. The second-order valence-electron chi connectivity index (χ2n) is 2.95. The van der Waals surface area contributed by atoms with Crippen molar-refractivity contribution in [1.82, 2.24) is 4.98 Å². The van der Waals surface area contributed by atoms with Crippen molar-refractivity contribution in [3.05, 3.63) is 36.2 Å². The van der Waals surface area contributed by atoms with Crippen molar-refractivity contribution >= 4 is 28.4 Å². The summed E-state index contributed by atoms with van der Waals surface area (Å²) in [6, 6.07) is 5.52. The van der Waals surface area contributed by atoms with Gasteiger partial charge >= 0.3 is 5.82 Å². The molecule has 1 aliphatic heterocycles. The van der Waals surface area contributed by atoms with Crippen LogP contribution in [0.25, 0.3) is 0 Å². The summed E-state index contributed by atoms with van der Waals surface area (Å²) in [5.74, 6) is 0.699. The molecule has 0 unspecified atom stereocenters. The van der Waals surface area contributed by atoms with Crippen LogP contribution in [0.5, 0.6) is 0 Å². The van der Waals surface area contributed by atoms with Crippen molar-refractivity contribution in [3.63, 3.8) is 0 Å². The summed E-state index contributed by atoms with van der Waals surface area (Å²) >= 11 is 5.92. The van der Waals surface area contributed by atoms with Crippen molar-refractivity contribution in [3.8, 4) is 0 Å². The Balaban J connectivity index is 2.30. The minimum absolute atomic E-state index is 0.0258. The lowest BCUT2D eigenvalue weighted by molar-refractivity contribution is -0.374. The number of pyridine rings is 1. The minimum Gasteiger partial charge on any atom is -0.294 e. The molecule has 0 N–H and O–H groups in total. The fourth-order valence-corrected chi connectivity index (χ4v) is 1.52. The fourth-order valence-electron chi connectivity index (χ4n) is 1.20. The standard InChI is InChI=1S/C10H8ClN2O/c1-7(14)8-6-13(10(8)11)9-4-2-3-5-12-9/h2-6H,1H3/q+1. The van der Waals surface area contributed by atoms with Gasteiger partial charge in [-0.05, 0) is 29.6 Å². The van der Waals surface area contributed by atoms with Crippen molar-refractivity contribution in [2.24, 2.45) is 0 Å². The monoisotopic (exact) mass is 207 g/mol. The molecule has 4 heteroatoms. The number of allylic oxidation sites excluding steroid dienone is 1. The summed E-state index contributed by atoms with van der Waals surface area (Å²) in [4.78, 5) is 15.1. The van der Waals surface area contributed by atoms with Gasteiger partial charge in [-0.3, -0.25) is 4.79 Å². The first kappa shape index (κ1) is 9.09. The van der Waals surface area contributed by atoms with Gasteiger partial charge in [-0.25, -0.2) is 0 Å². The minimum atomic E-state index is -0.0258. The summed E-state index contributed by atoms with van der Waals surface area (Å²) in [5, 5.41) is 0.441. The van der Waals surface area contributed by atoms with Crippen LogP contribution in [0.2, 0.25) is 0 Å². The van der Waals surface area contributed by atoms with Crippen LogP contribution in [-0.4, -0.2) is 20.5 Å². The summed E-state index contributed by atoms with van der Waals surface area (Å²) < 4.78 is 1.68. The third-order valence-corrected chi connectivity index (χ3v) is 2.35. The van der Waals surface area contributed by atoms with Crippen molar-refractivity contribution in [2.45, 2.75) is 6.92 Å². The van der Waals surface area contributed by atoms with Gasteiger partial charge in [0.1, 0.15) is 18.0 Å². The van der Waals surface area contributed by atoms with Crippen molar-refractivity contribution in [2.75, 3.05) is 0 Å². The van der Waals surface area contributed by atoms with Crippen molar-refractivity contribution < 1.29 is 9.37 Å². The van der Waals surface area contributed by atoms with Crippen LogP contribution in [-0.2, 0) is 4.79 Å². The summed E-state index contributed by atoms with van der Waals surface area (Å²) in [7, 11) is 0. The molecule has 0 spiro atoms. The molecule has 0 aromatic carbocycles. The van der Waals surface area contributed by atoms with Gasteiger partial charge in [0.15, 0.2) is 5.78 Å². The number of hydrogen-bond donors (Lipinski definition) is 0. The molecule has 1 aromatic heterocycles. The molecule has 3 nitrogen and oxygen atoms in total. The zero-order valence-electron chi connectivity index (χ0n) is 7.57. The van der Waals surface area contributed by atoms with E-state index >= 15 is 0 Å². The SMILES string of the molecule is CC(=O)C1=C[N+](c2ccccn2)=C1Cl. The van der Waals surface area contributed by atoms with Crippen LogP contribution in [0, 0.1) is 0 Å². The third-order valence-electron chi connectivity index (χ3n) is 1.97. The van der Waals surface area contributed by atoms with Crippen LogP contribution in [0.3, 0.4) is 0 Å². The fraction of sp³-hybridized carbons (Fsp3) is 0.100. The zero-order chi connectivity index (χ0) is 10.1. The first-order valence-corrected chi connectivity index (χ1v) is 4.54. The number of ketones is 1. The van der Waals surface area contributed by atoms with E-state index in [4.69, 9.17) is 11.6 Å². The van der Waals surface area contributed by atoms with E-state index in [1.54, 1.807) is 17.0 Å². The molecule has 0 saturated heterocycles. The molecule has 14 heavy (non-hydrogen) atoms. The van der Waals surface area contributed by atoms with Crippen LogP contribution in [0.1, 0.15) is 6.92 Å². The smallest absolute Gasteiger partial charge is 0.294 e. The summed E-state index contributed by atoms with van der Waals surface area (Å²) in [5.41, 5.74) is 0.553. The maximum Gasteiger partial charge on any atom is 0.328 e. The molecule has 0 aliphatic carbocycles. The first-order chi connectivity index (χ1) is 6.70. The van der Waals surface area contributed by atoms with Gasteiger partial charge in [0.05, 0.1) is 0 Å². The van der Waals surface area contributed by atoms with E-state index in [1.165, 1.54) is 6.92 Å². The Hall–Kier alpha value is -1.48. The van der Waals surface area contributed by atoms with E-state index in [-0.39, 0.29) is 5.78 Å². The average Bonchev–Trinajstić information content (AvgIpc) is 2.17. The highest BCUT2D eigenvalue weighted by atomic mass is 35.5. The predicted octanol–water partition coefficient (Wildman–Crippen LogP) is 1.85. The second-order valence-corrected chi connectivity index (χ2v) is 3.31. The van der Waals surface area contributed by atoms with E-state index in [0.717, 1.165) is 5.82 Å². The van der Waals surface area contributed by atoms with Crippen LogP contribution >= 0.6 is 11.6 Å². The van der Waals surface area contributed by atoms with Gasteiger partial charge < -0.3 is 0 Å². The van der Waals surface area contributed by atoms with Crippen LogP contribution in [0.4, 0.5) is 5.82 Å². The van der Waals surface area contributed by atoms with Gasteiger partial charge in [0.2, 0.25) is 5.17 Å². The Kier molecular flexibility index (Phi) is 2.17. The normalized spacial score (nSPS) is 14.9. The quantitative estimate of drug-likeness (QED) is 0.694. The van der Waals surface area contributed by atoms with E-state index in [1.807, 2.05) is 18.2 Å². The first-order valence-electron chi connectivity index (χ1n) is 4.16. The number of carbonyl (C=O) groups excluding carboxylic acids is 1. The lowest BCUT2D eigenvalue weighted by Crippen LogP contribution is -2.24. The number of rotatable bonds is 2. The molecule has 0 fully saturated rings. The molecular formula is C10H8ClN2O+. The van der Waals surface area contributed by atoms with Gasteiger partial charge in [-0.2, -0.15) is 4.58 Å². The topological polar surface area (TPSA) is 33.0 Å². The Bertz CT molecular complexity index is 448. The Morgan fingerprint density at radius 1 is 1.50 bits per heavy atom. The van der Waals surface area contributed by atoms with Gasteiger partial charge in [0, 0.05) is 6.07 Å². The molecule has 1 aromatic rings. The highest BCUT2D eigenvalue weighted by Crippen LogP contribution is 2.21. The lowest BCUT2D eigenvalue weighted by atomic mass is 10.1. The molecule has 0 radical (unpaired) electrons. The molecule has 0 amide bonds. The highest BCUT2D eigenvalue weighted by molar-refractivity contribution is 6.71. The van der Waals surface area contributed by atoms with Crippen LogP contribution < -0.4 is 0 Å². The predicted molar refractivity (Wildman–Crippen MR) is 53.8 cm³/mol. The maximum absolute atomic E-state index is 11.0. The zero-order valence-corrected chi connectivity index (χ0v) is 8.32. The maximum atomic E-state index is 11.0. The largest absolute Gasteiger partial charge is 0.328 e. The molecular weight excluding hydrogens is 200 g/mol. The van der Waals surface area contributed by atoms with Gasteiger partial charge in [-0.1, -0.05) is 6.07 Å². The lowest BCUT2D eigenvalue weighted by Gasteiger charge is -2.11. The molecule has 2 rings (SSSR count). The third kappa shape index (κ3) is 1.36. The molecule has 0 atom stereocenters. The number of nitrogens with zero attached hydrogens (tertiary/aromatic N) is 2. The number of hydrogen-bond acceptors (Lipinski definition) is 2. The van der Waals surface area contributed by atoms with Gasteiger partial charge in [0.25, 0.3) is 0 Å². The summed E-state index contributed by atoms with van der Waals surface area (Å²) in [6.07, 6.45) is 3.37. The number of aromatic nitrogens is 1. The molecule has 1 aliphatic rings. The number of carbonyl (C=O) groups is 1. The van der Waals surface area contributed by atoms with E-state index in [9.17, 15) is 4.79 Å². The van der Waals surface area contributed by atoms with E-state index < -0.39 is 0 Å². The Morgan fingerprint density at radius 3 is 2.79 bits per heavy atom. The molecule has 2 heterocycles. The van der Waals surface area contributed by atoms with Crippen molar-refractivity contribution in [1.29, 1.82) is 0 Å². The van der Waals surface area contributed by atoms with E-state index in [0.29, 0.717) is 10.7 Å². The highest BCUT2D eigenvalue weighted by Gasteiger charge is 2.29. The Morgan fingerprint density at radius 2 is 2.29 bits per heavy atom. The number of halogens is 1. The molecule has 0 bridgehead atoms. The summed E-state index contributed by atoms with van der Waals surface area (Å²) in [6.45, 7) is 1.49. The van der Waals surface area contributed by atoms with Crippen LogP contribution in [0.15, 0.2) is 36.2 Å². The Labute approximate surface area is 86.4 Å². The van der Waals surface area contributed by atoms with E-state index in [2.05, 4.69) is 4.98 Å². The molecule has 0 saturated carbocycles. The van der Waals surface area contributed by atoms with Gasteiger partial charge in [-0.15, -0.1) is 0 Å². The number of Topliss-reactive ketones (excluding diaryl/α,β-unsaturated/α-hetero) is 1.